The maximum absolute atomic E-state index is 10.5. The quantitative estimate of drug-likeness (QED) is 0.856. The number of aryl methyl sites for hydroxylation is 1. The molecule has 0 amide bonds. The highest BCUT2D eigenvalue weighted by atomic mass is 16.3. The van der Waals surface area contributed by atoms with Gasteiger partial charge in [-0.2, -0.15) is 0 Å². The van der Waals surface area contributed by atoms with Crippen molar-refractivity contribution in [1.82, 2.24) is 4.98 Å². The van der Waals surface area contributed by atoms with Crippen LogP contribution < -0.4 is 0 Å². The number of hydrogen-bond acceptors (Lipinski definition) is 2. The number of hydrogen-bond donors (Lipinski definition) is 1. The highest BCUT2D eigenvalue weighted by Crippen LogP contribution is 2.30. The van der Waals surface area contributed by atoms with Crippen LogP contribution in [0.15, 0.2) is 30.3 Å². The molecule has 0 fully saturated rings. The number of aliphatic hydroxyl groups is 1. The van der Waals surface area contributed by atoms with Gasteiger partial charge in [0, 0.05) is 11.1 Å². The van der Waals surface area contributed by atoms with E-state index in [1.165, 1.54) is 0 Å². The molecule has 1 heterocycles. The van der Waals surface area contributed by atoms with Crippen molar-refractivity contribution in [3.63, 3.8) is 0 Å². The lowest BCUT2D eigenvalue weighted by Gasteiger charge is -2.28. The first-order valence-electron chi connectivity index (χ1n) is 6.01. The van der Waals surface area contributed by atoms with Crippen LogP contribution in [0, 0.1) is 12.8 Å². The molecule has 2 nitrogen and oxygen atoms in total. The van der Waals surface area contributed by atoms with Crippen LogP contribution in [0.2, 0.25) is 0 Å². The maximum Gasteiger partial charge on any atom is 0.0891 e. The van der Waals surface area contributed by atoms with Crippen LogP contribution in [0.4, 0.5) is 0 Å². The van der Waals surface area contributed by atoms with Crippen molar-refractivity contribution in [3.8, 4) is 0 Å². The molecule has 2 rings (SSSR count). The molecule has 0 aliphatic carbocycles. The molecule has 0 aliphatic heterocycles. The van der Waals surface area contributed by atoms with Gasteiger partial charge in [-0.1, -0.05) is 26.0 Å². The summed E-state index contributed by atoms with van der Waals surface area (Å²) in [4.78, 5) is 4.46. The Morgan fingerprint density at radius 3 is 2.53 bits per heavy atom. The molecule has 1 N–H and O–H groups in total. The van der Waals surface area contributed by atoms with E-state index in [4.69, 9.17) is 0 Å². The normalized spacial score (nSPS) is 15.2. The van der Waals surface area contributed by atoms with E-state index in [-0.39, 0.29) is 5.92 Å². The van der Waals surface area contributed by atoms with E-state index in [0.29, 0.717) is 0 Å². The van der Waals surface area contributed by atoms with Crippen LogP contribution in [0.25, 0.3) is 10.9 Å². The van der Waals surface area contributed by atoms with Crippen molar-refractivity contribution in [2.24, 2.45) is 5.92 Å². The van der Waals surface area contributed by atoms with Gasteiger partial charge in [0.15, 0.2) is 0 Å². The second-order valence-electron chi connectivity index (χ2n) is 5.16. The van der Waals surface area contributed by atoms with Crippen molar-refractivity contribution in [2.45, 2.75) is 33.3 Å². The fourth-order valence-corrected chi connectivity index (χ4v) is 1.88. The zero-order valence-corrected chi connectivity index (χ0v) is 10.9. The molecular formula is C15H19NO. The van der Waals surface area contributed by atoms with Crippen molar-refractivity contribution < 1.29 is 5.11 Å². The van der Waals surface area contributed by atoms with E-state index in [9.17, 15) is 5.11 Å². The molecule has 0 saturated carbocycles. The Hall–Kier alpha value is -1.41. The van der Waals surface area contributed by atoms with Crippen LogP contribution in [0.1, 0.15) is 32.0 Å². The Bertz CT molecular complexity index is 544. The monoisotopic (exact) mass is 229 g/mol. The Morgan fingerprint density at radius 1 is 1.18 bits per heavy atom. The standard InChI is InChI=1S/C15H19NO/c1-10(2)15(4,17)13-7-8-14-12(9-13)6-5-11(3)16-14/h5-10,17H,1-4H3. The van der Waals surface area contributed by atoms with E-state index in [1.807, 2.05) is 52.0 Å². The first kappa shape index (κ1) is 12.1. The van der Waals surface area contributed by atoms with Crippen LogP contribution in [0.3, 0.4) is 0 Å². The zero-order chi connectivity index (χ0) is 12.6. The molecule has 1 unspecified atom stereocenters. The largest absolute Gasteiger partial charge is 0.385 e. The molecule has 90 valence electrons. The summed E-state index contributed by atoms with van der Waals surface area (Å²) in [6, 6.07) is 10.0. The van der Waals surface area contributed by atoms with E-state index in [0.717, 1.165) is 22.2 Å². The highest BCUT2D eigenvalue weighted by Gasteiger charge is 2.27. The SMILES string of the molecule is Cc1ccc2cc(C(C)(O)C(C)C)ccc2n1. The summed E-state index contributed by atoms with van der Waals surface area (Å²) < 4.78 is 0. The average Bonchev–Trinajstić information content (AvgIpc) is 2.28. The van der Waals surface area contributed by atoms with Crippen LogP contribution in [-0.4, -0.2) is 10.1 Å². The first-order valence-corrected chi connectivity index (χ1v) is 6.01. The van der Waals surface area contributed by atoms with Crippen LogP contribution in [0.5, 0.6) is 0 Å². The number of nitrogens with zero attached hydrogens (tertiary/aromatic N) is 1. The van der Waals surface area contributed by atoms with Gasteiger partial charge in [0.2, 0.25) is 0 Å². The number of aromatic nitrogens is 1. The van der Waals surface area contributed by atoms with E-state index in [1.54, 1.807) is 0 Å². The van der Waals surface area contributed by atoms with E-state index in [2.05, 4.69) is 11.1 Å². The first-order chi connectivity index (χ1) is 7.91. The van der Waals surface area contributed by atoms with Gasteiger partial charge in [0.25, 0.3) is 0 Å². The molecule has 2 aromatic rings. The van der Waals surface area contributed by atoms with Crippen LogP contribution in [-0.2, 0) is 5.60 Å². The number of pyridine rings is 1. The number of rotatable bonds is 2. The molecule has 0 aliphatic rings. The summed E-state index contributed by atoms with van der Waals surface area (Å²) in [6.07, 6.45) is 0. The Balaban J connectivity index is 2.56. The smallest absolute Gasteiger partial charge is 0.0891 e. The minimum atomic E-state index is -0.793. The van der Waals surface area contributed by atoms with E-state index < -0.39 is 5.60 Å². The maximum atomic E-state index is 10.5. The minimum absolute atomic E-state index is 0.179. The van der Waals surface area contributed by atoms with Crippen molar-refractivity contribution >= 4 is 10.9 Å². The third kappa shape index (κ3) is 2.18. The van der Waals surface area contributed by atoms with Crippen LogP contribution >= 0.6 is 0 Å². The predicted octanol–water partition coefficient (Wildman–Crippen LogP) is 3.41. The lowest BCUT2D eigenvalue weighted by atomic mass is 9.85. The highest BCUT2D eigenvalue weighted by molar-refractivity contribution is 5.79. The molecule has 0 saturated heterocycles. The predicted molar refractivity (Wildman–Crippen MR) is 70.9 cm³/mol. The lowest BCUT2D eigenvalue weighted by molar-refractivity contribution is 0.00917. The summed E-state index contributed by atoms with van der Waals surface area (Å²) in [5.74, 6) is 0.179. The van der Waals surface area contributed by atoms with Gasteiger partial charge in [0.05, 0.1) is 11.1 Å². The summed E-state index contributed by atoms with van der Waals surface area (Å²) in [5, 5.41) is 11.5. The second kappa shape index (κ2) is 4.11. The molecule has 17 heavy (non-hydrogen) atoms. The molecular weight excluding hydrogens is 210 g/mol. The number of fused-ring (bicyclic) bond motifs is 1. The summed E-state index contributed by atoms with van der Waals surface area (Å²) in [7, 11) is 0. The third-order valence-electron chi connectivity index (χ3n) is 3.54. The molecule has 2 heteroatoms. The van der Waals surface area contributed by atoms with Gasteiger partial charge in [-0.15, -0.1) is 0 Å². The molecule has 1 aromatic carbocycles. The van der Waals surface area contributed by atoms with Gasteiger partial charge in [-0.05, 0) is 43.5 Å². The summed E-state index contributed by atoms with van der Waals surface area (Å²) in [5.41, 5.74) is 2.15. The van der Waals surface area contributed by atoms with Gasteiger partial charge in [-0.3, -0.25) is 4.98 Å². The van der Waals surface area contributed by atoms with Gasteiger partial charge >= 0.3 is 0 Å². The lowest BCUT2D eigenvalue weighted by Crippen LogP contribution is -2.27. The van der Waals surface area contributed by atoms with Crippen molar-refractivity contribution in [1.29, 1.82) is 0 Å². The fourth-order valence-electron chi connectivity index (χ4n) is 1.88. The van der Waals surface area contributed by atoms with Crippen molar-refractivity contribution in [3.05, 3.63) is 41.6 Å². The molecule has 0 radical (unpaired) electrons. The zero-order valence-electron chi connectivity index (χ0n) is 10.9. The molecule has 1 atom stereocenters. The summed E-state index contributed by atoms with van der Waals surface area (Å²) >= 11 is 0. The molecule has 0 spiro atoms. The van der Waals surface area contributed by atoms with Gasteiger partial charge in [0.1, 0.15) is 0 Å². The Labute approximate surface area is 102 Å². The second-order valence-corrected chi connectivity index (χ2v) is 5.16. The van der Waals surface area contributed by atoms with E-state index >= 15 is 0 Å². The van der Waals surface area contributed by atoms with Crippen molar-refractivity contribution in [2.75, 3.05) is 0 Å². The fraction of sp³-hybridized carbons (Fsp3) is 0.400. The van der Waals surface area contributed by atoms with Gasteiger partial charge in [-0.25, -0.2) is 0 Å². The average molecular weight is 229 g/mol. The summed E-state index contributed by atoms with van der Waals surface area (Å²) in [6.45, 7) is 7.90. The Morgan fingerprint density at radius 2 is 1.88 bits per heavy atom. The molecule has 1 aromatic heterocycles. The third-order valence-corrected chi connectivity index (χ3v) is 3.54. The molecule has 0 bridgehead atoms. The topological polar surface area (TPSA) is 33.1 Å². The number of benzene rings is 1. The Kier molecular flexibility index (Phi) is 2.92. The minimum Gasteiger partial charge on any atom is -0.385 e. The van der Waals surface area contributed by atoms with Gasteiger partial charge < -0.3 is 5.11 Å².